The van der Waals surface area contributed by atoms with Gasteiger partial charge in [0.25, 0.3) is 0 Å². The highest BCUT2D eigenvalue weighted by Crippen LogP contribution is 2.33. The molecular formula is C29H23F3O4. The van der Waals surface area contributed by atoms with E-state index in [0.717, 1.165) is 6.07 Å². The Labute approximate surface area is 206 Å². The molecule has 0 aliphatic heterocycles. The van der Waals surface area contributed by atoms with Gasteiger partial charge < -0.3 is 14.6 Å². The van der Waals surface area contributed by atoms with Crippen molar-refractivity contribution in [3.63, 3.8) is 0 Å². The number of esters is 1. The summed E-state index contributed by atoms with van der Waals surface area (Å²) >= 11 is 0. The average molecular weight is 492 g/mol. The van der Waals surface area contributed by atoms with E-state index in [9.17, 15) is 23.1 Å². The molecule has 7 heteroatoms. The van der Waals surface area contributed by atoms with Gasteiger partial charge in [0.1, 0.15) is 5.75 Å². The molecule has 4 nitrogen and oxygen atoms in total. The Morgan fingerprint density at radius 1 is 0.833 bits per heavy atom. The van der Waals surface area contributed by atoms with E-state index in [1.54, 1.807) is 38.1 Å². The van der Waals surface area contributed by atoms with Gasteiger partial charge in [-0.25, -0.2) is 18.0 Å². The summed E-state index contributed by atoms with van der Waals surface area (Å²) in [6.07, 6.45) is -0.660. The maximum absolute atomic E-state index is 15.0. The van der Waals surface area contributed by atoms with E-state index in [0.29, 0.717) is 16.7 Å². The summed E-state index contributed by atoms with van der Waals surface area (Å²) in [5.74, 6) is -3.26. The van der Waals surface area contributed by atoms with Gasteiger partial charge in [0.05, 0.1) is 18.3 Å². The number of aliphatic hydroxyl groups is 1. The molecule has 4 aromatic carbocycles. The van der Waals surface area contributed by atoms with Crippen LogP contribution in [-0.4, -0.2) is 17.7 Å². The molecule has 0 amide bonds. The van der Waals surface area contributed by atoms with Crippen LogP contribution in [-0.2, 0) is 0 Å². The van der Waals surface area contributed by atoms with Crippen molar-refractivity contribution < 1.29 is 32.5 Å². The maximum atomic E-state index is 15.0. The number of benzene rings is 4. The van der Waals surface area contributed by atoms with Crippen molar-refractivity contribution in [1.29, 1.82) is 0 Å². The minimum absolute atomic E-state index is 0.00483. The smallest absolute Gasteiger partial charge is 0.343 e. The highest BCUT2D eigenvalue weighted by molar-refractivity contribution is 5.91. The van der Waals surface area contributed by atoms with E-state index < -0.39 is 29.5 Å². The lowest BCUT2D eigenvalue weighted by atomic mass is 9.97. The Kier molecular flexibility index (Phi) is 7.41. The summed E-state index contributed by atoms with van der Waals surface area (Å²) < 4.78 is 54.3. The van der Waals surface area contributed by atoms with Crippen LogP contribution < -0.4 is 9.47 Å². The molecule has 36 heavy (non-hydrogen) atoms. The minimum Gasteiger partial charge on any atom is -0.491 e. The number of rotatable bonds is 7. The molecule has 4 aromatic rings. The molecule has 0 aliphatic rings. The summed E-state index contributed by atoms with van der Waals surface area (Å²) in [5, 5.41) is 9.63. The van der Waals surface area contributed by atoms with Crippen molar-refractivity contribution in [3.8, 4) is 33.8 Å². The SMILES string of the molecule is CCOc1ccc(C(=O)Oc2ccc(-c3ccc(-c4ccc(C(C)O)cc4)c(F)c3F)cc2)cc1F. The topological polar surface area (TPSA) is 55.8 Å². The Balaban J connectivity index is 1.51. The third-order valence-electron chi connectivity index (χ3n) is 5.63. The fourth-order valence-electron chi connectivity index (χ4n) is 3.71. The molecule has 1 unspecified atom stereocenters. The molecule has 0 fully saturated rings. The van der Waals surface area contributed by atoms with E-state index in [-0.39, 0.29) is 34.8 Å². The van der Waals surface area contributed by atoms with Crippen LogP contribution in [0, 0.1) is 17.5 Å². The standard InChI is InChI=1S/C29H23F3O4/c1-3-35-26-15-10-21(16-25(26)30)29(34)36-22-11-8-20(9-12-22)24-14-13-23(27(31)28(24)32)19-6-4-18(5-7-19)17(2)33/h4-17,33H,3H2,1-2H3. The predicted octanol–water partition coefficient (Wildman–Crippen LogP) is 7.11. The molecule has 0 saturated carbocycles. The Morgan fingerprint density at radius 3 is 1.89 bits per heavy atom. The van der Waals surface area contributed by atoms with E-state index >= 15 is 0 Å². The summed E-state index contributed by atoms with van der Waals surface area (Å²) in [4.78, 5) is 12.4. The zero-order valence-corrected chi connectivity index (χ0v) is 19.6. The largest absolute Gasteiger partial charge is 0.491 e. The van der Waals surface area contributed by atoms with Gasteiger partial charge in [-0.15, -0.1) is 0 Å². The van der Waals surface area contributed by atoms with Crippen molar-refractivity contribution >= 4 is 5.97 Å². The second-order valence-electron chi connectivity index (χ2n) is 8.08. The number of halogens is 3. The number of aliphatic hydroxyl groups excluding tert-OH is 1. The second-order valence-corrected chi connectivity index (χ2v) is 8.08. The van der Waals surface area contributed by atoms with Crippen LogP contribution in [0.4, 0.5) is 13.2 Å². The first-order valence-corrected chi connectivity index (χ1v) is 11.3. The van der Waals surface area contributed by atoms with E-state index in [4.69, 9.17) is 9.47 Å². The van der Waals surface area contributed by atoms with Gasteiger partial charge in [-0.3, -0.25) is 0 Å². The average Bonchev–Trinajstić information content (AvgIpc) is 2.87. The molecule has 0 spiro atoms. The molecule has 0 aliphatic carbocycles. The lowest BCUT2D eigenvalue weighted by molar-refractivity contribution is 0.0734. The molecular weight excluding hydrogens is 469 g/mol. The fourth-order valence-corrected chi connectivity index (χ4v) is 3.71. The van der Waals surface area contributed by atoms with Crippen molar-refractivity contribution in [3.05, 3.63) is 107 Å². The highest BCUT2D eigenvalue weighted by Gasteiger charge is 2.17. The van der Waals surface area contributed by atoms with E-state index in [1.165, 1.54) is 48.5 Å². The summed E-state index contributed by atoms with van der Waals surface area (Å²) in [7, 11) is 0. The molecule has 0 bridgehead atoms. The fraction of sp³-hybridized carbons (Fsp3) is 0.138. The molecule has 184 valence electrons. The lowest BCUT2D eigenvalue weighted by Gasteiger charge is -2.11. The zero-order valence-electron chi connectivity index (χ0n) is 19.6. The Morgan fingerprint density at radius 2 is 1.39 bits per heavy atom. The summed E-state index contributed by atoms with van der Waals surface area (Å²) in [6, 6.07) is 19.2. The lowest BCUT2D eigenvalue weighted by Crippen LogP contribution is -2.09. The number of hydrogen-bond donors (Lipinski definition) is 1. The second kappa shape index (κ2) is 10.7. The van der Waals surface area contributed by atoms with Crippen LogP contribution in [0.25, 0.3) is 22.3 Å². The van der Waals surface area contributed by atoms with Crippen LogP contribution in [0.15, 0.2) is 78.9 Å². The molecule has 1 N–H and O–H groups in total. The van der Waals surface area contributed by atoms with E-state index in [1.807, 2.05) is 0 Å². The van der Waals surface area contributed by atoms with Gasteiger partial charge >= 0.3 is 5.97 Å². The molecule has 0 saturated heterocycles. The van der Waals surface area contributed by atoms with Gasteiger partial charge in [-0.05, 0) is 60.9 Å². The third-order valence-corrected chi connectivity index (χ3v) is 5.63. The first-order valence-electron chi connectivity index (χ1n) is 11.3. The van der Waals surface area contributed by atoms with Gasteiger partial charge in [0.15, 0.2) is 23.2 Å². The van der Waals surface area contributed by atoms with Crippen molar-refractivity contribution in [1.82, 2.24) is 0 Å². The summed E-state index contributed by atoms with van der Waals surface area (Å²) in [6.45, 7) is 3.63. The van der Waals surface area contributed by atoms with Crippen LogP contribution >= 0.6 is 0 Å². The quantitative estimate of drug-likeness (QED) is 0.221. The number of hydrogen-bond acceptors (Lipinski definition) is 4. The predicted molar refractivity (Wildman–Crippen MR) is 130 cm³/mol. The summed E-state index contributed by atoms with van der Waals surface area (Å²) in [5.41, 5.74) is 1.68. The Hall–Kier alpha value is -4.10. The van der Waals surface area contributed by atoms with E-state index in [2.05, 4.69) is 0 Å². The first kappa shape index (κ1) is 25.0. The normalized spacial score (nSPS) is 11.7. The minimum atomic E-state index is -1.01. The van der Waals surface area contributed by atoms with Crippen LogP contribution in [0.5, 0.6) is 11.5 Å². The zero-order chi connectivity index (χ0) is 25.8. The van der Waals surface area contributed by atoms with Crippen LogP contribution in [0.3, 0.4) is 0 Å². The molecule has 0 heterocycles. The van der Waals surface area contributed by atoms with Crippen molar-refractivity contribution in [2.75, 3.05) is 6.61 Å². The molecule has 1 atom stereocenters. The van der Waals surface area contributed by atoms with Gasteiger partial charge in [-0.2, -0.15) is 0 Å². The maximum Gasteiger partial charge on any atom is 0.343 e. The number of carbonyl (C=O) groups excluding carboxylic acids is 1. The molecule has 0 radical (unpaired) electrons. The number of carbonyl (C=O) groups is 1. The van der Waals surface area contributed by atoms with Crippen LogP contribution in [0.1, 0.15) is 35.9 Å². The molecule has 4 rings (SSSR count). The van der Waals surface area contributed by atoms with Gasteiger partial charge in [0.2, 0.25) is 0 Å². The monoisotopic (exact) mass is 492 g/mol. The van der Waals surface area contributed by atoms with Crippen molar-refractivity contribution in [2.45, 2.75) is 20.0 Å². The van der Waals surface area contributed by atoms with Gasteiger partial charge in [0, 0.05) is 11.1 Å². The third kappa shape index (κ3) is 5.26. The Bertz CT molecular complexity index is 1380. The van der Waals surface area contributed by atoms with Crippen LogP contribution in [0.2, 0.25) is 0 Å². The van der Waals surface area contributed by atoms with Crippen molar-refractivity contribution in [2.24, 2.45) is 0 Å². The van der Waals surface area contributed by atoms with Gasteiger partial charge in [-0.1, -0.05) is 48.5 Å². The molecule has 0 aromatic heterocycles. The highest BCUT2D eigenvalue weighted by atomic mass is 19.2. The first-order chi connectivity index (χ1) is 17.3. The number of ether oxygens (including phenoxy) is 2.